The molecule has 0 aliphatic carbocycles. The van der Waals surface area contributed by atoms with E-state index >= 15 is 0 Å². The van der Waals surface area contributed by atoms with Crippen LogP contribution in [0.15, 0.2) is 56.8 Å². The van der Waals surface area contributed by atoms with Gasteiger partial charge in [-0.1, -0.05) is 46.7 Å². The molecule has 0 bridgehead atoms. The number of nitrogens with two attached hydrogens (primary N) is 6. The summed E-state index contributed by atoms with van der Waals surface area (Å²) in [7, 11) is 0. The van der Waals surface area contributed by atoms with Crippen LogP contribution in [0.25, 0.3) is 0 Å². The lowest BCUT2D eigenvalue weighted by Gasteiger charge is -2.43. The summed E-state index contributed by atoms with van der Waals surface area (Å²) in [5.74, 6) is 0.878. The van der Waals surface area contributed by atoms with E-state index in [2.05, 4.69) is 39.7 Å². The number of ether oxygens (including phenoxy) is 4. The molecule has 12 N–H and O–H groups in total. The van der Waals surface area contributed by atoms with Crippen LogP contribution in [0, 0.1) is 10.8 Å². The van der Waals surface area contributed by atoms with E-state index in [4.69, 9.17) is 76.6 Å². The predicted octanol–water partition coefficient (Wildman–Crippen LogP) is 3.88. The molecule has 4 aliphatic heterocycles. The first-order valence-electron chi connectivity index (χ1n) is 20.7. The minimum absolute atomic E-state index is 0.211. The molecule has 4 aromatic heterocycles. The number of rotatable bonds is 11. The molecule has 8 heterocycles. The lowest BCUT2D eigenvalue weighted by atomic mass is 9.72. The van der Waals surface area contributed by atoms with Crippen molar-refractivity contribution in [2.75, 3.05) is 58.9 Å². The number of hydrogen-bond donors (Lipinski definition) is 6. The molecule has 0 aromatic carbocycles. The highest BCUT2D eigenvalue weighted by Crippen LogP contribution is 2.49. The van der Waals surface area contributed by atoms with Gasteiger partial charge in [0.2, 0.25) is 12.6 Å². The molecule has 6 atom stereocenters. The van der Waals surface area contributed by atoms with Gasteiger partial charge >= 0.3 is 11.9 Å². The van der Waals surface area contributed by atoms with E-state index < -0.39 is 47.4 Å². The van der Waals surface area contributed by atoms with Crippen LogP contribution in [0.5, 0.6) is 0 Å². The quantitative estimate of drug-likeness (QED) is 0.116. The molecule has 64 heavy (non-hydrogen) atoms. The van der Waals surface area contributed by atoms with Crippen molar-refractivity contribution in [1.29, 1.82) is 0 Å². The zero-order chi connectivity index (χ0) is 45.5. The average molecular weight is 958 g/mol. The van der Waals surface area contributed by atoms with Gasteiger partial charge in [-0.05, 0) is 51.7 Å². The van der Waals surface area contributed by atoms with Crippen LogP contribution in [0.3, 0.4) is 0 Å². The van der Waals surface area contributed by atoms with Crippen LogP contribution in [0.4, 0.5) is 34.9 Å². The summed E-state index contributed by atoms with van der Waals surface area (Å²) in [5, 5.41) is 1.59. The molecule has 2 spiro atoms. The van der Waals surface area contributed by atoms with Gasteiger partial charge in [-0.2, -0.15) is 0 Å². The molecular weight excluding hydrogens is 908 g/mol. The summed E-state index contributed by atoms with van der Waals surface area (Å²) in [6.07, 6.45) is 5.58. The maximum Gasteiger partial charge on any atom is 0.308 e. The molecule has 0 amide bonds. The normalized spacial score (nSPS) is 24.9. The molecule has 4 saturated heterocycles. The Bertz CT molecular complexity index is 2230. The third-order valence-electron chi connectivity index (χ3n) is 12.7. The van der Waals surface area contributed by atoms with Gasteiger partial charge < -0.3 is 63.1 Å². The molecule has 20 nitrogen and oxygen atoms in total. The van der Waals surface area contributed by atoms with E-state index in [-0.39, 0.29) is 48.3 Å². The first kappa shape index (κ1) is 45.9. The van der Waals surface area contributed by atoms with Crippen LogP contribution in [-0.4, -0.2) is 105 Å². The summed E-state index contributed by atoms with van der Waals surface area (Å²) >= 11 is 15.1. The molecule has 4 fully saturated rings. The minimum atomic E-state index is -0.907. The molecule has 4 aliphatic rings. The van der Waals surface area contributed by atoms with Crippen LogP contribution in [-0.2, 0) is 28.5 Å². The molecule has 4 aromatic rings. The Kier molecular flexibility index (Phi) is 13.4. The van der Waals surface area contributed by atoms with Gasteiger partial charge in [0.15, 0.2) is 11.6 Å². The monoisotopic (exact) mass is 956 g/mol. The third-order valence-corrected chi connectivity index (χ3v) is 15.8. The van der Waals surface area contributed by atoms with E-state index in [0.29, 0.717) is 93.4 Å². The number of aromatic nitrogens is 6. The number of nitrogens with zero attached hydrogens (tertiary/aromatic N) is 8. The van der Waals surface area contributed by atoms with E-state index in [9.17, 15) is 9.59 Å². The molecule has 342 valence electrons. The lowest BCUT2D eigenvalue weighted by Crippen LogP contribution is -2.54. The van der Waals surface area contributed by atoms with Crippen molar-refractivity contribution < 1.29 is 28.5 Å². The van der Waals surface area contributed by atoms with Gasteiger partial charge in [0, 0.05) is 60.4 Å². The Morgan fingerprint density at radius 2 is 1.05 bits per heavy atom. The number of nitrogen functional groups attached to an aromatic ring is 4. The van der Waals surface area contributed by atoms with Gasteiger partial charge in [0.05, 0.1) is 58.3 Å². The molecule has 8 rings (SSSR count). The van der Waals surface area contributed by atoms with Gasteiger partial charge in [-0.25, -0.2) is 29.9 Å². The number of pyridine rings is 2. The van der Waals surface area contributed by atoms with Crippen LogP contribution in [0.2, 0.25) is 10.0 Å². The maximum atomic E-state index is 13.3. The summed E-state index contributed by atoms with van der Waals surface area (Å²) in [4.78, 5) is 58.4. The summed E-state index contributed by atoms with van der Waals surface area (Å²) in [6.45, 7) is 5.85. The predicted molar refractivity (Wildman–Crippen MR) is 242 cm³/mol. The fourth-order valence-corrected chi connectivity index (χ4v) is 10.9. The topological polar surface area (TPSA) is 311 Å². The summed E-state index contributed by atoms with van der Waals surface area (Å²) in [6, 6.07) is 2.64. The van der Waals surface area contributed by atoms with Crippen molar-refractivity contribution in [3.63, 3.8) is 0 Å². The van der Waals surface area contributed by atoms with E-state index in [1.54, 1.807) is 36.9 Å². The second kappa shape index (κ2) is 18.7. The first-order chi connectivity index (χ1) is 30.6. The highest BCUT2D eigenvalue weighted by molar-refractivity contribution is 7.99. The van der Waals surface area contributed by atoms with Gasteiger partial charge in [0.25, 0.3) is 0 Å². The van der Waals surface area contributed by atoms with Crippen molar-refractivity contribution in [3.05, 3.63) is 47.0 Å². The number of anilines is 6. The van der Waals surface area contributed by atoms with Crippen molar-refractivity contribution in [2.24, 2.45) is 22.3 Å². The third kappa shape index (κ3) is 8.98. The van der Waals surface area contributed by atoms with Gasteiger partial charge in [-0.3, -0.25) is 9.59 Å². The fraction of sp³-hybridized carbons (Fsp3) is 0.500. The Balaban J connectivity index is 0.833. The summed E-state index contributed by atoms with van der Waals surface area (Å²) in [5.41, 5.74) is 36.5. The van der Waals surface area contributed by atoms with Crippen molar-refractivity contribution in [3.8, 4) is 0 Å². The van der Waals surface area contributed by atoms with E-state index in [1.165, 1.54) is 23.5 Å². The molecule has 24 heteroatoms. The zero-order valence-electron chi connectivity index (χ0n) is 35.1. The smallest absolute Gasteiger partial charge is 0.308 e. The number of carbonyl (C=O) groups excluding carboxylic acids is 2. The highest BCUT2D eigenvalue weighted by atomic mass is 35.5. The number of halogens is 2. The number of carbonyl (C=O) groups is 2. The Labute approximate surface area is 387 Å². The zero-order valence-corrected chi connectivity index (χ0v) is 38.2. The first-order valence-corrected chi connectivity index (χ1v) is 23.1. The Morgan fingerprint density at radius 1 is 0.672 bits per heavy atom. The Hall–Kier alpha value is -4.68. The molecule has 0 radical (unpaired) electrons. The van der Waals surface area contributed by atoms with Gasteiger partial charge in [0.1, 0.15) is 33.3 Å². The van der Waals surface area contributed by atoms with Crippen LogP contribution >= 0.6 is 46.7 Å². The van der Waals surface area contributed by atoms with Crippen molar-refractivity contribution >= 4 is 93.6 Å². The minimum Gasteiger partial charge on any atom is -0.435 e. The van der Waals surface area contributed by atoms with Crippen molar-refractivity contribution in [1.82, 2.24) is 29.9 Å². The van der Waals surface area contributed by atoms with E-state index in [0.717, 1.165) is 0 Å². The largest absolute Gasteiger partial charge is 0.435 e. The second-order valence-electron chi connectivity index (χ2n) is 16.4. The standard InChI is InChI=1S/C40H50Cl2N14O6S2/c1-19-29(43)39(7-13-55(14-8-39)23-17-51-35(33(47)53-23)63-21-5-11-49-31(45)27(21)41)37(59-19)61-25(57)3-4-26(58)62-38-40(30(44)20(2)60-38)9-15-56(16-10-40)24-18-52-36(34(48)54-24)64-22-6-12-50-32(46)28(22)42/h5-6,11-12,17-20,29-30,37-38H,3-4,7-10,13-16,43-44H2,1-2H3,(H2,45,49)(H2,46,50)(H2,47,53)(H2,48,54)/t19-,20-,29+,30+,37?,38?/m0/s1. The second-order valence-corrected chi connectivity index (χ2v) is 19.2. The fourth-order valence-electron chi connectivity index (χ4n) is 8.85. The van der Waals surface area contributed by atoms with E-state index in [1.807, 2.05) is 13.8 Å². The summed E-state index contributed by atoms with van der Waals surface area (Å²) < 4.78 is 24.2. The Morgan fingerprint density at radius 3 is 1.41 bits per heavy atom. The molecule has 0 saturated carbocycles. The maximum absolute atomic E-state index is 13.3. The van der Waals surface area contributed by atoms with Crippen LogP contribution < -0.4 is 44.2 Å². The molecular formula is C40H50Cl2N14O6S2. The number of esters is 2. The highest BCUT2D eigenvalue weighted by Gasteiger charge is 2.58. The SMILES string of the molecule is C[C@@H]1OC(OC(=O)CCC(=O)OC2O[C@@H](C)[C@@H](N)C23CCN(c2cnc(Sc4ccnc(N)c4Cl)c(N)n2)CC3)C2(CCN(c3cnc(Sc4ccnc(N)c4Cl)c(N)n3)CC2)[C@@H]1N. The lowest BCUT2D eigenvalue weighted by molar-refractivity contribution is -0.200. The molecule has 2 unspecified atom stereocenters. The average Bonchev–Trinajstić information content (AvgIpc) is 3.63. The number of piperidine rings is 2. The van der Waals surface area contributed by atoms with Crippen LogP contribution in [0.1, 0.15) is 52.4 Å². The van der Waals surface area contributed by atoms with Gasteiger partial charge in [-0.15, -0.1) is 0 Å². The van der Waals surface area contributed by atoms with Crippen molar-refractivity contribution in [2.45, 2.75) is 109 Å². The number of hydrogen-bond acceptors (Lipinski definition) is 22.